The summed E-state index contributed by atoms with van der Waals surface area (Å²) >= 11 is 0. The molecule has 0 aliphatic rings. The number of hydrogen-bond acceptors (Lipinski definition) is 5. The van der Waals surface area contributed by atoms with E-state index in [1.165, 1.54) is 0 Å². The third kappa shape index (κ3) is 4.61. The van der Waals surface area contributed by atoms with Crippen molar-refractivity contribution < 1.29 is 18.9 Å². The van der Waals surface area contributed by atoms with Gasteiger partial charge in [-0.15, -0.1) is 0 Å². The van der Waals surface area contributed by atoms with Gasteiger partial charge in [-0.2, -0.15) is 0 Å². The van der Waals surface area contributed by atoms with E-state index in [1.54, 1.807) is 14.2 Å². The monoisotopic (exact) mass is 269 g/mol. The van der Waals surface area contributed by atoms with E-state index in [4.69, 9.17) is 18.9 Å². The molecule has 0 amide bonds. The Morgan fingerprint density at radius 1 is 1.05 bits per heavy atom. The van der Waals surface area contributed by atoms with Crippen LogP contribution in [0.15, 0.2) is 12.1 Å². The van der Waals surface area contributed by atoms with Crippen LogP contribution < -0.4 is 19.5 Å². The lowest BCUT2D eigenvalue weighted by atomic mass is 10.2. The topological polar surface area (TPSA) is 49.0 Å². The van der Waals surface area contributed by atoms with Gasteiger partial charge in [0.25, 0.3) is 0 Å². The number of nitrogens with one attached hydrogen (secondary N) is 1. The molecule has 1 aromatic carbocycles. The molecule has 1 aromatic rings. The molecule has 0 aromatic heterocycles. The second-order valence-corrected chi connectivity index (χ2v) is 3.86. The molecular formula is C14H23NO4. The lowest BCUT2D eigenvalue weighted by Gasteiger charge is -2.16. The zero-order chi connectivity index (χ0) is 14.1. The minimum atomic E-state index is 0.176. The van der Waals surface area contributed by atoms with E-state index in [2.05, 4.69) is 12.2 Å². The van der Waals surface area contributed by atoms with Gasteiger partial charge in [-0.3, -0.25) is 0 Å². The Labute approximate surface area is 114 Å². The zero-order valence-electron chi connectivity index (χ0n) is 12.1. The van der Waals surface area contributed by atoms with Crippen molar-refractivity contribution in [1.82, 2.24) is 5.32 Å². The SMILES string of the molecule is CCNCc1cc(OC)c(OCOCC)c(OC)c1. The predicted molar refractivity (Wildman–Crippen MR) is 74.0 cm³/mol. The average Bonchev–Trinajstić information content (AvgIpc) is 2.45. The van der Waals surface area contributed by atoms with Gasteiger partial charge in [0.1, 0.15) is 0 Å². The van der Waals surface area contributed by atoms with Crippen LogP contribution in [0.1, 0.15) is 19.4 Å². The fraction of sp³-hybridized carbons (Fsp3) is 0.571. The number of ether oxygens (including phenoxy) is 4. The molecule has 0 heterocycles. The van der Waals surface area contributed by atoms with Crippen LogP contribution in [-0.2, 0) is 11.3 Å². The van der Waals surface area contributed by atoms with Crippen LogP contribution in [0, 0.1) is 0 Å². The Morgan fingerprint density at radius 3 is 2.16 bits per heavy atom. The summed E-state index contributed by atoms with van der Waals surface area (Å²) in [6.07, 6.45) is 0. The van der Waals surface area contributed by atoms with Gasteiger partial charge in [-0.25, -0.2) is 0 Å². The molecule has 19 heavy (non-hydrogen) atoms. The van der Waals surface area contributed by atoms with Crippen LogP contribution in [0.2, 0.25) is 0 Å². The van der Waals surface area contributed by atoms with Crippen molar-refractivity contribution in [3.63, 3.8) is 0 Å². The first kappa shape index (κ1) is 15.6. The maximum absolute atomic E-state index is 5.56. The van der Waals surface area contributed by atoms with Crippen LogP contribution in [0.25, 0.3) is 0 Å². The van der Waals surface area contributed by atoms with Crippen molar-refractivity contribution in [3.8, 4) is 17.2 Å². The van der Waals surface area contributed by atoms with E-state index in [0.717, 1.165) is 18.7 Å². The molecule has 0 unspecified atom stereocenters. The maximum atomic E-state index is 5.56. The summed E-state index contributed by atoms with van der Waals surface area (Å²) in [4.78, 5) is 0. The standard InChI is InChI=1S/C14H23NO4/c1-5-15-9-11-7-12(16-3)14(13(8-11)17-4)19-10-18-6-2/h7-8,15H,5-6,9-10H2,1-4H3. The van der Waals surface area contributed by atoms with Gasteiger partial charge in [0, 0.05) is 13.2 Å². The van der Waals surface area contributed by atoms with Crippen molar-refractivity contribution in [1.29, 1.82) is 0 Å². The summed E-state index contributed by atoms with van der Waals surface area (Å²) in [5.74, 6) is 1.86. The normalized spacial score (nSPS) is 10.3. The maximum Gasteiger partial charge on any atom is 0.206 e. The van der Waals surface area contributed by atoms with Crippen molar-refractivity contribution in [2.75, 3.05) is 34.2 Å². The van der Waals surface area contributed by atoms with Gasteiger partial charge >= 0.3 is 0 Å². The highest BCUT2D eigenvalue weighted by molar-refractivity contribution is 5.53. The molecule has 0 saturated heterocycles. The van der Waals surface area contributed by atoms with E-state index in [0.29, 0.717) is 23.9 Å². The molecule has 1 rings (SSSR count). The Morgan fingerprint density at radius 2 is 1.68 bits per heavy atom. The van der Waals surface area contributed by atoms with Gasteiger partial charge < -0.3 is 24.3 Å². The Bertz CT molecular complexity index is 357. The molecule has 0 aliphatic carbocycles. The Hall–Kier alpha value is -1.46. The number of methoxy groups -OCH3 is 2. The Balaban J connectivity index is 2.93. The highest BCUT2D eigenvalue weighted by atomic mass is 16.7. The molecule has 0 saturated carbocycles. The Kier molecular flexibility index (Phi) is 7.07. The smallest absolute Gasteiger partial charge is 0.206 e. The van der Waals surface area contributed by atoms with Gasteiger partial charge in [-0.05, 0) is 31.2 Å². The van der Waals surface area contributed by atoms with Gasteiger partial charge in [0.2, 0.25) is 5.75 Å². The van der Waals surface area contributed by atoms with E-state index in [-0.39, 0.29) is 6.79 Å². The fourth-order valence-electron chi connectivity index (χ4n) is 1.63. The predicted octanol–water partition coefficient (Wildman–Crippen LogP) is 2.19. The molecule has 0 fully saturated rings. The molecule has 0 aliphatic heterocycles. The van der Waals surface area contributed by atoms with Crippen molar-refractivity contribution in [3.05, 3.63) is 17.7 Å². The number of hydrogen-bond donors (Lipinski definition) is 1. The lowest BCUT2D eigenvalue weighted by molar-refractivity contribution is 0.0193. The molecule has 1 N–H and O–H groups in total. The summed E-state index contributed by atoms with van der Waals surface area (Å²) in [5.41, 5.74) is 1.08. The molecule has 0 spiro atoms. The molecule has 0 bridgehead atoms. The first-order valence-corrected chi connectivity index (χ1v) is 6.42. The highest BCUT2D eigenvalue weighted by Gasteiger charge is 2.14. The number of benzene rings is 1. The van der Waals surface area contributed by atoms with E-state index in [1.807, 2.05) is 19.1 Å². The molecular weight excluding hydrogens is 246 g/mol. The third-order valence-electron chi connectivity index (χ3n) is 2.59. The van der Waals surface area contributed by atoms with Gasteiger partial charge in [0.05, 0.1) is 14.2 Å². The van der Waals surface area contributed by atoms with Crippen LogP contribution in [-0.4, -0.2) is 34.2 Å². The van der Waals surface area contributed by atoms with Crippen LogP contribution in [0.3, 0.4) is 0 Å². The van der Waals surface area contributed by atoms with Crippen LogP contribution in [0.4, 0.5) is 0 Å². The van der Waals surface area contributed by atoms with Gasteiger partial charge in [0.15, 0.2) is 18.3 Å². The highest BCUT2D eigenvalue weighted by Crippen LogP contribution is 2.38. The van der Waals surface area contributed by atoms with E-state index >= 15 is 0 Å². The summed E-state index contributed by atoms with van der Waals surface area (Å²) in [6, 6.07) is 3.87. The largest absolute Gasteiger partial charge is 0.493 e. The summed E-state index contributed by atoms with van der Waals surface area (Å²) in [6.45, 7) is 6.42. The second-order valence-electron chi connectivity index (χ2n) is 3.86. The summed E-state index contributed by atoms with van der Waals surface area (Å²) in [7, 11) is 3.22. The van der Waals surface area contributed by atoms with Crippen molar-refractivity contribution in [2.45, 2.75) is 20.4 Å². The summed E-state index contributed by atoms with van der Waals surface area (Å²) in [5, 5.41) is 3.26. The first-order chi connectivity index (χ1) is 9.26. The first-order valence-electron chi connectivity index (χ1n) is 6.42. The van der Waals surface area contributed by atoms with Crippen molar-refractivity contribution in [2.24, 2.45) is 0 Å². The third-order valence-corrected chi connectivity index (χ3v) is 2.59. The minimum Gasteiger partial charge on any atom is -0.493 e. The zero-order valence-corrected chi connectivity index (χ0v) is 12.1. The quantitative estimate of drug-likeness (QED) is 0.550. The molecule has 0 atom stereocenters. The average molecular weight is 269 g/mol. The second kappa shape index (κ2) is 8.61. The lowest BCUT2D eigenvalue weighted by Crippen LogP contribution is -2.12. The fourth-order valence-corrected chi connectivity index (χ4v) is 1.63. The molecule has 5 nitrogen and oxygen atoms in total. The molecule has 5 heteroatoms. The molecule has 108 valence electrons. The van der Waals surface area contributed by atoms with E-state index < -0.39 is 0 Å². The summed E-state index contributed by atoms with van der Waals surface area (Å²) < 4.78 is 21.4. The van der Waals surface area contributed by atoms with Crippen molar-refractivity contribution >= 4 is 0 Å². The minimum absolute atomic E-state index is 0.176. The number of rotatable bonds is 9. The van der Waals surface area contributed by atoms with Crippen LogP contribution in [0.5, 0.6) is 17.2 Å². The van der Waals surface area contributed by atoms with Gasteiger partial charge in [-0.1, -0.05) is 6.92 Å². The van der Waals surface area contributed by atoms with Crippen LogP contribution >= 0.6 is 0 Å². The molecule has 0 radical (unpaired) electrons. The van der Waals surface area contributed by atoms with E-state index in [9.17, 15) is 0 Å².